The molecule has 142 valence electrons. The van der Waals surface area contributed by atoms with Crippen LogP contribution in [-0.2, 0) is 0 Å². The molecular weight excluding hydrogens is 357 g/mol. The Labute approximate surface area is 154 Å². The molecule has 1 fully saturated rings. The molecule has 3 rings (SSSR count). The predicted molar refractivity (Wildman–Crippen MR) is 95.9 cm³/mol. The highest BCUT2D eigenvalue weighted by atomic mass is 19.1. The minimum Gasteiger partial charge on any atom is -0.348 e. The summed E-state index contributed by atoms with van der Waals surface area (Å²) < 4.78 is 12.9. The summed E-state index contributed by atoms with van der Waals surface area (Å²) in [5, 5.41) is 11.6. The maximum absolute atomic E-state index is 12.9. The molecule has 27 heavy (non-hydrogen) atoms. The molecule has 0 aliphatic carbocycles. The number of nitrogens with zero attached hydrogens (tertiary/aromatic N) is 5. The summed E-state index contributed by atoms with van der Waals surface area (Å²) in [6, 6.07) is 4.90. The number of carbonyl (C=O) groups excluding carboxylic acids is 1. The second-order valence-electron chi connectivity index (χ2n) is 6.03. The molecule has 1 aromatic heterocycles. The fourth-order valence-electron chi connectivity index (χ4n) is 2.67. The lowest BCUT2D eigenvalue weighted by Gasteiger charge is -2.32. The number of likely N-dealkylation sites (N-methyl/N-ethyl adjacent to an activating group) is 1. The van der Waals surface area contributed by atoms with Crippen molar-refractivity contribution in [3.63, 3.8) is 0 Å². The zero-order valence-corrected chi connectivity index (χ0v) is 14.6. The largest absolute Gasteiger partial charge is 0.355 e. The number of nitro groups is 1. The van der Waals surface area contributed by atoms with E-state index in [2.05, 4.69) is 25.7 Å². The number of hydrazine groups is 1. The summed E-state index contributed by atoms with van der Waals surface area (Å²) in [4.78, 5) is 35.0. The highest BCUT2D eigenvalue weighted by Gasteiger charge is 2.29. The maximum Gasteiger partial charge on any atom is 0.355 e. The smallest absolute Gasteiger partial charge is 0.348 e. The van der Waals surface area contributed by atoms with Crippen LogP contribution < -0.4 is 15.8 Å². The van der Waals surface area contributed by atoms with Crippen LogP contribution in [0, 0.1) is 15.9 Å². The van der Waals surface area contributed by atoms with Crippen LogP contribution in [0.15, 0.2) is 30.6 Å². The van der Waals surface area contributed by atoms with E-state index in [-0.39, 0.29) is 22.9 Å². The number of hydrogen-bond acceptors (Lipinski definition) is 8. The lowest BCUT2D eigenvalue weighted by atomic mass is 10.2. The minimum atomic E-state index is -0.583. The molecule has 0 saturated carbocycles. The van der Waals surface area contributed by atoms with Crippen molar-refractivity contribution in [1.82, 2.24) is 20.3 Å². The summed E-state index contributed by atoms with van der Waals surface area (Å²) in [7, 11) is 1.98. The van der Waals surface area contributed by atoms with Crippen LogP contribution in [0.1, 0.15) is 10.4 Å². The molecule has 0 radical (unpaired) electrons. The number of hydrogen-bond donors (Lipinski definition) is 2. The molecule has 0 bridgehead atoms. The zero-order valence-electron chi connectivity index (χ0n) is 14.6. The Hall–Kier alpha value is -3.34. The molecule has 0 unspecified atom stereocenters. The Bertz CT molecular complexity index is 838. The lowest BCUT2D eigenvalue weighted by molar-refractivity contribution is -0.383. The van der Waals surface area contributed by atoms with Crippen molar-refractivity contribution in [3.8, 4) is 0 Å². The van der Waals surface area contributed by atoms with Gasteiger partial charge in [0.05, 0.1) is 4.92 Å². The predicted octanol–water partition coefficient (Wildman–Crippen LogP) is 1.03. The molecule has 1 aromatic carbocycles. The van der Waals surface area contributed by atoms with E-state index in [1.165, 1.54) is 18.5 Å². The first-order chi connectivity index (χ1) is 13.0. The molecule has 10 nitrogen and oxygen atoms in total. The fraction of sp³-hybridized carbons (Fsp3) is 0.312. The van der Waals surface area contributed by atoms with Gasteiger partial charge in [0, 0.05) is 31.7 Å². The standard InChI is InChI=1S/C16H18FN7O3/c1-22-6-8-23(9-7-22)15-13(24(26)27)14(18-10-19-15)20-21-16(25)11-2-4-12(17)5-3-11/h2-5,10H,6-9H2,1H3,(H,21,25)(H,18,19,20). The molecule has 1 aliphatic rings. The van der Waals surface area contributed by atoms with Crippen LogP contribution in [0.3, 0.4) is 0 Å². The number of halogens is 1. The van der Waals surface area contributed by atoms with Crippen molar-refractivity contribution in [2.75, 3.05) is 43.6 Å². The molecule has 2 heterocycles. The number of carbonyl (C=O) groups is 1. The van der Waals surface area contributed by atoms with Gasteiger partial charge in [-0.15, -0.1) is 0 Å². The first kappa shape index (κ1) is 18.5. The number of anilines is 2. The molecule has 1 amide bonds. The third-order valence-corrected chi connectivity index (χ3v) is 4.19. The van der Waals surface area contributed by atoms with Gasteiger partial charge in [-0.3, -0.25) is 25.8 Å². The topological polar surface area (TPSA) is 117 Å². The second-order valence-corrected chi connectivity index (χ2v) is 6.03. The Morgan fingerprint density at radius 2 is 1.85 bits per heavy atom. The van der Waals surface area contributed by atoms with E-state index < -0.39 is 16.6 Å². The molecular formula is C16H18FN7O3. The highest BCUT2D eigenvalue weighted by Crippen LogP contribution is 2.31. The van der Waals surface area contributed by atoms with Crippen molar-refractivity contribution >= 4 is 23.2 Å². The minimum absolute atomic E-state index is 0.126. The Balaban J connectivity index is 1.78. The number of benzene rings is 1. The summed E-state index contributed by atoms with van der Waals surface area (Å²) in [5.41, 5.74) is 4.68. The van der Waals surface area contributed by atoms with Crippen LogP contribution in [0.25, 0.3) is 0 Å². The molecule has 11 heteroatoms. The van der Waals surface area contributed by atoms with Gasteiger partial charge in [-0.1, -0.05) is 0 Å². The Kier molecular flexibility index (Phi) is 5.41. The van der Waals surface area contributed by atoms with Gasteiger partial charge in [-0.05, 0) is 31.3 Å². The number of rotatable bonds is 5. The van der Waals surface area contributed by atoms with Gasteiger partial charge in [0.2, 0.25) is 11.6 Å². The lowest BCUT2D eigenvalue weighted by Crippen LogP contribution is -2.45. The quantitative estimate of drug-likeness (QED) is 0.588. The number of amides is 1. The van der Waals surface area contributed by atoms with Crippen molar-refractivity contribution in [2.24, 2.45) is 0 Å². The summed E-state index contributed by atoms with van der Waals surface area (Å²) in [6.07, 6.45) is 1.20. The summed E-state index contributed by atoms with van der Waals surface area (Å²) in [6.45, 7) is 2.70. The van der Waals surface area contributed by atoms with E-state index in [9.17, 15) is 19.3 Å². The zero-order chi connectivity index (χ0) is 19.4. The average molecular weight is 375 g/mol. The number of piperazine rings is 1. The first-order valence-corrected chi connectivity index (χ1v) is 8.20. The normalized spacial score (nSPS) is 14.7. The van der Waals surface area contributed by atoms with Crippen LogP contribution in [0.5, 0.6) is 0 Å². The SMILES string of the molecule is CN1CCN(c2ncnc(NNC(=O)c3ccc(F)cc3)c2[N+](=O)[O-])CC1. The summed E-state index contributed by atoms with van der Waals surface area (Å²) >= 11 is 0. The van der Waals surface area contributed by atoms with Crippen molar-refractivity contribution < 1.29 is 14.1 Å². The third-order valence-electron chi connectivity index (χ3n) is 4.19. The van der Waals surface area contributed by atoms with Crippen LogP contribution in [0.2, 0.25) is 0 Å². The van der Waals surface area contributed by atoms with Gasteiger partial charge in [0.1, 0.15) is 12.1 Å². The van der Waals surface area contributed by atoms with Crippen LogP contribution in [0.4, 0.5) is 21.7 Å². The van der Waals surface area contributed by atoms with E-state index in [1.54, 1.807) is 0 Å². The first-order valence-electron chi connectivity index (χ1n) is 8.20. The molecule has 2 aromatic rings. The average Bonchev–Trinajstić information content (AvgIpc) is 2.66. The van der Waals surface area contributed by atoms with Gasteiger partial charge >= 0.3 is 5.69 Å². The summed E-state index contributed by atoms with van der Waals surface area (Å²) in [5.74, 6) is -0.979. The van der Waals surface area contributed by atoms with E-state index in [4.69, 9.17) is 0 Å². The number of aromatic nitrogens is 2. The van der Waals surface area contributed by atoms with E-state index in [0.29, 0.717) is 13.1 Å². The highest BCUT2D eigenvalue weighted by molar-refractivity contribution is 5.95. The molecule has 1 aliphatic heterocycles. The molecule has 0 spiro atoms. The third kappa shape index (κ3) is 4.26. The van der Waals surface area contributed by atoms with Crippen molar-refractivity contribution in [1.29, 1.82) is 0 Å². The van der Waals surface area contributed by atoms with Crippen LogP contribution in [-0.4, -0.2) is 58.9 Å². The van der Waals surface area contributed by atoms with Crippen molar-refractivity contribution in [2.45, 2.75) is 0 Å². The van der Waals surface area contributed by atoms with E-state index in [1.807, 2.05) is 11.9 Å². The van der Waals surface area contributed by atoms with Crippen molar-refractivity contribution in [3.05, 3.63) is 52.1 Å². The van der Waals surface area contributed by atoms with Crippen LogP contribution >= 0.6 is 0 Å². The fourth-order valence-corrected chi connectivity index (χ4v) is 2.67. The second kappa shape index (κ2) is 7.91. The van der Waals surface area contributed by atoms with Gasteiger partial charge in [-0.2, -0.15) is 0 Å². The Morgan fingerprint density at radius 3 is 2.48 bits per heavy atom. The van der Waals surface area contributed by atoms with Gasteiger partial charge in [0.25, 0.3) is 5.91 Å². The molecule has 1 saturated heterocycles. The van der Waals surface area contributed by atoms with Gasteiger partial charge in [0.15, 0.2) is 0 Å². The van der Waals surface area contributed by atoms with E-state index in [0.717, 1.165) is 25.2 Å². The van der Waals surface area contributed by atoms with Gasteiger partial charge in [-0.25, -0.2) is 14.4 Å². The molecule has 0 atom stereocenters. The molecule has 2 N–H and O–H groups in total. The number of nitrogens with one attached hydrogen (secondary N) is 2. The van der Waals surface area contributed by atoms with E-state index >= 15 is 0 Å². The monoisotopic (exact) mass is 375 g/mol. The Morgan fingerprint density at radius 1 is 1.19 bits per heavy atom. The van der Waals surface area contributed by atoms with Gasteiger partial charge < -0.3 is 9.80 Å². The maximum atomic E-state index is 12.9.